The highest BCUT2D eigenvalue weighted by Gasteiger charge is 2.20. The number of rotatable bonds is 6. The van der Waals surface area contributed by atoms with E-state index >= 15 is 0 Å². The molecule has 21 heavy (non-hydrogen) atoms. The molecule has 0 radical (unpaired) electrons. The van der Waals surface area contributed by atoms with Crippen molar-refractivity contribution in [2.24, 2.45) is 0 Å². The van der Waals surface area contributed by atoms with Crippen molar-refractivity contribution in [1.29, 1.82) is 0 Å². The Kier molecular flexibility index (Phi) is 7.54. The molecule has 1 fully saturated rings. The molecule has 5 heteroatoms. The minimum absolute atomic E-state index is 0. The topological polar surface area (TPSA) is 50.4 Å². The van der Waals surface area contributed by atoms with Gasteiger partial charge in [-0.3, -0.25) is 4.79 Å². The lowest BCUT2D eigenvalue weighted by Gasteiger charge is -2.19. The molecule has 118 valence electrons. The molecule has 0 aliphatic carbocycles. The van der Waals surface area contributed by atoms with Crippen LogP contribution in [0.3, 0.4) is 0 Å². The first-order valence-electron chi connectivity index (χ1n) is 7.43. The second-order valence-electron chi connectivity index (χ2n) is 5.37. The number of ether oxygens (including phenoxy) is 1. The highest BCUT2D eigenvalue weighted by Crippen LogP contribution is 2.15. The molecule has 0 saturated carbocycles. The average Bonchev–Trinajstić information content (AvgIpc) is 2.95. The van der Waals surface area contributed by atoms with Crippen molar-refractivity contribution in [3.8, 4) is 5.75 Å². The minimum Gasteiger partial charge on any atom is -0.481 e. The highest BCUT2D eigenvalue weighted by molar-refractivity contribution is 5.85. The van der Waals surface area contributed by atoms with Crippen LogP contribution in [0.1, 0.15) is 31.7 Å². The van der Waals surface area contributed by atoms with Crippen LogP contribution in [0.15, 0.2) is 24.3 Å². The zero-order valence-electron chi connectivity index (χ0n) is 12.7. The number of nitrogens with one attached hydrogen (secondary N) is 2. The van der Waals surface area contributed by atoms with Crippen LogP contribution in [0.25, 0.3) is 0 Å². The summed E-state index contributed by atoms with van der Waals surface area (Å²) in [6.45, 7) is 5.72. The molecule has 0 spiro atoms. The van der Waals surface area contributed by atoms with Crippen LogP contribution in [0, 0.1) is 6.92 Å². The van der Waals surface area contributed by atoms with Gasteiger partial charge in [0.15, 0.2) is 6.10 Å². The van der Waals surface area contributed by atoms with E-state index in [1.165, 1.54) is 6.42 Å². The zero-order valence-corrected chi connectivity index (χ0v) is 13.5. The summed E-state index contributed by atoms with van der Waals surface area (Å²) in [5.41, 5.74) is 1.13. The molecule has 1 aliphatic heterocycles. The third-order valence-corrected chi connectivity index (χ3v) is 3.62. The summed E-state index contributed by atoms with van der Waals surface area (Å²) in [5, 5.41) is 6.35. The Labute approximate surface area is 133 Å². The Bertz CT molecular complexity index is 448. The van der Waals surface area contributed by atoms with E-state index in [2.05, 4.69) is 10.6 Å². The van der Waals surface area contributed by atoms with E-state index < -0.39 is 6.10 Å². The quantitative estimate of drug-likeness (QED) is 0.848. The van der Waals surface area contributed by atoms with E-state index in [1.54, 1.807) is 0 Å². The van der Waals surface area contributed by atoms with E-state index in [-0.39, 0.29) is 18.3 Å². The molecular formula is C16H25ClN2O2. The maximum Gasteiger partial charge on any atom is 0.261 e. The summed E-state index contributed by atoms with van der Waals surface area (Å²) in [6.07, 6.45) is 2.57. The van der Waals surface area contributed by atoms with Crippen molar-refractivity contribution in [3.63, 3.8) is 0 Å². The largest absolute Gasteiger partial charge is 0.481 e. The van der Waals surface area contributed by atoms with Gasteiger partial charge >= 0.3 is 0 Å². The summed E-state index contributed by atoms with van der Waals surface area (Å²) < 4.78 is 5.79. The summed E-state index contributed by atoms with van der Waals surface area (Å²) in [5.74, 6) is 0.730. The minimum atomic E-state index is -0.418. The number of hydrogen-bond donors (Lipinski definition) is 2. The van der Waals surface area contributed by atoms with Crippen molar-refractivity contribution < 1.29 is 9.53 Å². The van der Waals surface area contributed by atoms with Crippen molar-refractivity contribution in [3.05, 3.63) is 29.8 Å². The SMILES string of the molecule is CCC(Oc1cccc(C)c1)C(=O)NCC1CCCN1.Cl. The fourth-order valence-electron chi connectivity index (χ4n) is 2.44. The standard InChI is InChI=1S/C16H24N2O2.ClH/c1-3-15(20-14-8-4-6-12(2)10-14)16(19)18-11-13-7-5-9-17-13;/h4,6,8,10,13,15,17H,3,5,7,9,11H2,1-2H3,(H,18,19);1H. The maximum atomic E-state index is 12.2. The lowest BCUT2D eigenvalue weighted by atomic mass is 10.2. The molecule has 2 rings (SSSR count). The summed E-state index contributed by atoms with van der Waals surface area (Å²) >= 11 is 0. The molecule has 1 aliphatic rings. The predicted octanol–water partition coefficient (Wildman–Crippen LogP) is 2.44. The van der Waals surface area contributed by atoms with Gasteiger partial charge in [0.1, 0.15) is 5.75 Å². The Hall–Kier alpha value is -1.26. The van der Waals surface area contributed by atoms with Crippen molar-refractivity contribution in [2.75, 3.05) is 13.1 Å². The van der Waals surface area contributed by atoms with Gasteiger partial charge in [0.2, 0.25) is 0 Å². The third-order valence-electron chi connectivity index (χ3n) is 3.62. The molecule has 2 atom stereocenters. The van der Waals surface area contributed by atoms with Gasteiger partial charge in [-0.1, -0.05) is 19.1 Å². The van der Waals surface area contributed by atoms with Gasteiger partial charge in [0, 0.05) is 12.6 Å². The number of hydrogen-bond acceptors (Lipinski definition) is 3. The van der Waals surface area contributed by atoms with Gasteiger partial charge in [0.05, 0.1) is 0 Å². The fourth-order valence-corrected chi connectivity index (χ4v) is 2.44. The summed E-state index contributed by atoms with van der Waals surface area (Å²) in [7, 11) is 0. The van der Waals surface area contributed by atoms with Gasteiger partial charge in [-0.25, -0.2) is 0 Å². The highest BCUT2D eigenvalue weighted by atomic mass is 35.5. The monoisotopic (exact) mass is 312 g/mol. The van der Waals surface area contributed by atoms with E-state index in [1.807, 2.05) is 38.1 Å². The lowest BCUT2D eigenvalue weighted by molar-refractivity contribution is -0.128. The smallest absolute Gasteiger partial charge is 0.261 e. The van der Waals surface area contributed by atoms with Crippen LogP contribution in [-0.4, -0.2) is 31.1 Å². The fraction of sp³-hybridized carbons (Fsp3) is 0.562. The molecule has 2 unspecified atom stereocenters. The molecule has 0 aromatic heterocycles. The maximum absolute atomic E-state index is 12.2. The Morgan fingerprint density at radius 1 is 1.52 bits per heavy atom. The van der Waals surface area contributed by atoms with Crippen LogP contribution >= 0.6 is 12.4 Å². The Morgan fingerprint density at radius 3 is 2.95 bits per heavy atom. The number of benzene rings is 1. The number of aryl methyl sites for hydroxylation is 1. The van der Waals surface area contributed by atoms with E-state index in [4.69, 9.17) is 4.74 Å². The normalized spacial score (nSPS) is 18.7. The van der Waals surface area contributed by atoms with Crippen LogP contribution in [-0.2, 0) is 4.79 Å². The van der Waals surface area contributed by atoms with Gasteiger partial charge in [0.25, 0.3) is 5.91 Å². The molecule has 1 aromatic carbocycles. The number of amides is 1. The second kappa shape index (κ2) is 8.90. The molecule has 0 bridgehead atoms. The van der Waals surface area contributed by atoms with Crippen molar-refractivity contribution in [2.45, 2.75) is 45.3 Å². The van der Waals surface area contributed by atoms with Gasteiger partial charge < -0.3 is 15.4 Å². The predicted molar refractivity (Wildman–Crippen MR) is 87.2 cm³/mol. The van der Waals surface area contributed by atoms with Gasteiger partial charge in [-0.2, -0.15) is 0 Å². The van der Waals surface area contributed by atoms with E-state index in [0.717, 1.165) is 24.3 Å². The van der Waals surface area contributed by atoms with Crippen LogP contribution in [0.5, 0.6) is 5.75 Å². The van der Waals surface area contributed by atoms with Gasteiger partial charge in [-0.15, -0.1) is 12.4 Å². The number of carbonyl (C=O) groups excluding carboxylic acids is 1. The first-order chi connectivity index (χ1) is 9.69. The van der Waals surface area contributed by atoms with E-state index in [9.17, 15) is 4.79 Å². The first-order valence-corrected chi connectivity index (χ1v) is 7.43. The third kappa shape index (κ3) is 5.56. The molecule has 1 saturated heterocycles. The Balaban J connectivity index is 0.00000220. The average molecular weight is 313 g/mol. The van der Waals surface area contributed by atoms with Gasteiger partial charge in [-0.05, 0) is 50.4 Å². The summed E-state index contributed by atoms with van der Waals surface area (Å²) in [6, 6.07) is 8.21. The summed E-state index contributed by atoms with van der Waals surface area (Å²) in [4.78, 5) is 12.2. The lowest BCUT2D eigenvalue weighted by Crippen LogP contribution is -2.43. The number of carbonyl (C=O) groups is 1. The van der Waals surface area contributed by atoms with Crippen molar-refractivity contribution in [1.82, 2.24) is 10.6 Å². The van der Waals surface area contributed by atoms with Crippen molar-refractivity contribution >= 4 is 18.3 Å². The van der Waals surface area contributed by atoms with E-state index in [0.29, 0.717) is 19.0 Å². The van der Waals surface area contributed by atoms with Crippen LogP contribution in [0.2, 0.25) is 0 Å². The van der Waals surface area contributed by atoms with Crippen LogP contribution in [0.4, 0.5) is 0 Å². The molecular weight excluding hydrogens is 288 g/mol. The zero-order chi connectivity index (χ0) is 14.4. The second-order valence-corrected chi connectivity index (χ2v) is 5.37. The molecule has 1 heterocycles. The molecule has 1 amide bonds. The molecule has 2 N–H and O–H groups in total. The number of halogens is 1. The Morgan fingerprint density at radius 2 is 2.33 bits per heavy atom. The molecule has 4 nitrogen and oxygen atoms in total. The first kappa shape index (κ1) is 17.8. The van der Waals surface area contributed by atoms with Crippen LogP contribution < -0.4 is 15.4 Å². The molecule has 1 aromatic rings.